The van der Waals surface area contributed by atoms with Crippen LogP contribution in [0.5, 0.6) is 0 Å². The minimum absolute atomic E-state index is 0.0236. The molecule has 7 rings (SSSR count). The molecule has 6 heterocycles. The summed E-state index contributed by atoms with van der Waals surface area (Å²) >= 11 is -1.53. The van der Waals surface area contributed by atoms with Crippen molar-refractivity contribution < 1.29 is 13.9 Å². The molecule has 3 aliphatic rings. The van der Waals surface area contributed by atoms with Crippen LogP contribution in [0.3, 0.4) is 0 Å². The van der Waals surface area contributed by atoms with Crippen molar-refractivity contribution in [1.29, 1.82) is 0 Å². The zero-order chi connectivity index (χ0) is 27.1. The summed E-state index contributed by atoms with van der Waals surface area (Å²) in [6.45, 7) is 4.77. The monoisotopic (exact) mass is 640 g/mol. The van der Waals surface area contributed by atoms with Crippen LogP contribution in [-0.2, 0) is 5.41 Å². The summed E-state index contributed by atoms with van der Waals surface area (Å²) in [4.78, 5) is 14.1. The SMILES string of the molecule is CC(C)[C@]1(c2cncc(-c3ccc(NCCO)nc3)n2)CI2#C[C@@H](C2)c2cc(-c3c(F)cccc3F)nnc21. The first-order chi connectivity index (χ1) is 18.9. The van der Waals surface area contributed by atoms with Crippen molar-refractivity contribution in [3.63, 3.8) is 0 Å². The van der Waals surface area contributed by atoms with Gasteiger partial charge >= 0.3 is 0 Å². The second-order valence-electron chi connectivity index (χ2n) is 10.0. The summed E-state index contributed by atoms with van der Waals surface area (Å²) in [5.74, 6) is -0.439. The van der Waals surface area contributed by atoms with E-state index in [0.29, 0.717) is 18.1 Å². The molecule has 3 aliphatic heterocycles. The lowest BCUT2D eigenvalue weighted by atomic mass is 9.71. The van der Waals surface area contributed by atoms with E-state index in [9.17, 15) is 8.78 Å². The second kappa shape index (κ2) is 10.3. The largest absolute Gasteiger partial charge is 0.395 e. The average Bonchev–Trinajstić information content (AvgIpc) is 3.16. The minimum atomic E-state index is -1.53. The molecular formula is C29H27F2IN6O. The Morgan fingerprint density at radius 3 is 2.59 bits per heavy atom. The number of alkyl halides is 2. The molecule has 0 saturated carbocycles. The number of fused-ring (bicyclic) bond motifs is 1. The highest BCUT2D eigenvalue weighted by Gasteiger charge is 2.48. The quantitative estimate of drug-likeness (QED) is 0.212. The summed E-state index contributed by atoms with van der Waals surface area (Å²) in [6, 6.07) is 9.39. The van der Waals surface area contributed by atoms with Gasteiger partial charge in [0.05, 0.1) is 52.5 Å². The normalized spacial score (nSPS) is 19.9. The van der Waals surface area contributed by atoms with E-state index in [0.717, 1.165) is 31.4 Å². The number of halogens is 3. The Balaban J connectivity index is 1.47. The van der Waals surface area contributed by atoms with Gasteiger partial charge in [0.25, 0.3) is 0 Å². The fourth-order valence-corrected chi connectivity index (χ4v) is 11.7. The number of rotatable bonds is 7. The fraction of sp³-hybridized carbons (Fsp3) is 0.310. The Kier molecular flexibility index (Phi) is 6.86. The Bertz CT molecular complexity index is 1630. The molecule has 0 unspecified atom stereocenters. The topological polar surface area (TPSA) is 96.7 Å². The third-order valence-electron chi connectivity index (χ3n) is 7.39. The first-order valence-electron chi connectivity index (χ1n) is 12.7. The number of anilines is 1. The molecule has 3 aromatic heterocycles. The molecule has 4 aromatic rings. The Labute approximate surface area is 231 Å². The van der Waals surface area contributed by atoms with E-state index < -0.39 is 36.2 Å². The lowest BCUT2D eigenvalue weighted by Gasteiger charge is -2.36. The molecule has 39 heavy (non-hydrogen) atoms. The molecule has 1 aromatic carbocycles. The Morgan fingerprint density at radius 1 is 1.10 bits per heavy atom. The molecule has 2 N–H and O–H groups in total. The first kappa shape index (κ1) is 25.9. The van der Waals surface area contributed by atoms with Gasteiger partial charge in [-0.1, -0.05) is 19.9 Å². The number of nitrogens with one attached hydrogen (secondary N) is 1. The van der Waals surface area contributed by atoms with Gasteiger partial charge in [-0.2, -0.15) is 5.10 Å². The number of aromatic nitrogens is 5. The molecule has 0 amide bonds. The third-order valence-corrected chi connectivity index (χ3v) is 13.1. The van der Waals surface area contributed by atoms with Crippen LogP contribution in [0.2, 0.25) is 0 Å². The van der Waals surface area contributed by atoms with Crippen LogP contribution in [-0.4, -0.2) is 52.3 Å². The highest BCUT2D eigenvalue weighted by molar-refractivity contribution is 14.2. The smallest absolute Gasteiger partial charge is 0.135 e. The van der Waals surface area contributed by atoms with Crippen molar-refractivity contribution in [3.05, 3.63) is 83.6 Å². The number of nitrogens with zero attached hydrogens (tertiary/aromatic N) is 5. The molecule has 10 heteroatoms. The van der Waals surface area contributed by atoms with Crippen LogP contribution in [0, 0.1) is 21.4 Å². The maximum atomic E-state index is 14.6. The molecule has 2 bridgehead atoms. The zero-order valence-corrected chi connectivity index (χ0v) is 23.7. The van der Waals surface area contributed by atoms with Crippen LogP contribution < -0.4 is 5.32 Å². The van der Waals surface area contributed by atoms with Crippen molar-refractivity contribution in [2.75, 3.05) is 27.3 Å². The van der Waals surface area contributed by atoms with Crippen molar-refractivity contribution in [3.8, 4) is 26.3 Å². The molecule has 0 saturated heterocycles. The molecule has 7 nitrogen and oxygen atoms in total. The van der Waals surface area contributed by atoms with E-state index in [2.05, 4.69) is 38.0 Å². The van der Waals surface area contributed by atoms with Crippen molar-refractivity contribution in [2.24, 2.45) is 5.92 Å². The van der Waals surface area contributed by atoms with Gasteiger partial charge in [0.15, 0.2) is 0 Å². The number of benzene rings is 1. The van der Waals surface area contributed by atoms with Crippen LogP contribution in [0.25, 0.3) is 22.5 Å². The van der Waals surface area contributed by atoms with Gasteiger partial charge < -0.3 is 10.4 Å². The standard InChI is InChI=1S/C29H27F2IN6O/c1-17(2)29(25-15-33-14-24(36-25)18-6-7-26(35-13-18)34-8-9-39)16-32-11-19(12-32)20-10-23(37-38-28(20)29)27-21(30)4-3-5-22(27)31/h3-7,10,13-15,17,19,39H,8-9,11,16H2,1-2H3,(H,34,35)/t19-,29+/m1/s1. The summed E-state index contributed by atoms with van der Waals surface area (Å²) in [5.41, 5.74) is 3.55. The van der Waals surface area contributed by atoms with Crippen LogP contribution in [0.15, 0.2) is 55.0 Å². The molecule has 0 fully saturated rings. The molecule has 0 spiro atoms. The lowest BCUT2D eigenvalue weighted by molar-refractivity contribution is 0.311. The highest BCUT2D eigenvalue weighted by atomic mass is 127. The molecule has 0 aliphatic carbocycles. The van der Waals surface area contributed by atoms with Crippen molar-refractivity contribution >= 4 is 25.0 Å². The van der Waals surface area contributed by atoms with Crippen molar-refractivity contribution in [2.45, 2.75) is 25.2 Å². The minimum Gasteiger partial charge on any atom is -0.395 e. The average molecular weight is 640 g/mol. The van der Waals surface area contributed by atoms with Gasteiger partial charge in [0, 0.05) is 33.4 Å². The van der Waals surface area contributed by atoms with Gasteiger partial charge in [-0.05, 0) is 41.8 Å². The fourth-order valence-electron chi connectivity index (χ4n) is 5.26. The molecular weight excluding hydrogens is 613 g/mol. The summed E-state index contributed by atoms with van der Waals surface area (Å²) in [7, 11) is 0. The van der Waals surface area contributed by atoms with E-state index >= 15 is 0 Å². The predicted molar refractivity (Wildman–Crippen MR) is 154 cm³/mol. The van der Waals surface area contributed by atoms with Crippen LogP contribution in [0.4, 0.5) is 14.6 Å². The summed E-state index contributed by atoms with van der Waals surface area (Å²) < 4.78 is 35.0. The Morgan fingerprint density at radius 2 is 1.90 bits per heavy atom. The van der Waals surface area contributed by atoms with Crippen LogP contribution >= 0.6 is 19.1 Å². The maximum Gasteiger partial charge on any atom is 0.135 e. The van der Waals surface area contributed by atoms with Gasteiger partial charge in [-0.15, -0.1) is 28.0 Å². The first-order valence-corrected chi connectivity index (χ1v) is 16.9. The number of aliphatic hydroxyl groups excluding tert-OH is 1. The second-order valence-corrected chi connectivity index (χ2v) is 14.9. The van der Waals surface area contributed by atoms with E-state index in [1.807, 2.05) is 18.3 Å². The molecule has 2 atom stereocenters. The lowest BCUT2D eigenvalue weighted by Crippen LogP contribution is -2.39. The van der Waals surface area contributed by atoms with E-state index in [4.69, 9.17) is 15.2 Å². The number of pyridine rings is 1. The van der Waals surface area contributed by atoms with Gasteiger partial charge in [-0.3, -0.25) is 4.98 Å². The van der Waals surface area contributed by atoms with Crippen LogP contribution in [0.1, 0.15) is 36.7 Å². The van der Waals surface area contributed by atoms with E-state index in [-0.39, 0.29) is 29.7 Å². The van der Waals surface area contributed by atoms with Gasteiger partial charge in [-0.25, -0.2) is 18.7 Å². The number of hydrogen-bond donors (Lipinski definition) is 2. The summed E-state index contributed by atoms with van der Waals surface area (Å²) in [6.07, 6.45) is 5.27. The number of hydrogen-bond acceptors (Lipinski definition) is 7. The highest BCUT2D eigenvalue weighted by Crippen LogP contribution is 2.55. The summed E-state index contributed by atoms with van der Waals surface area (Å²) in [5, 5.41) is 21.2. The third kappa shape index (κ3) is 4.50. The van der Waals surface area contributed by atoms with E-state index in [1.54, 1.807) is 18.5 Å². The zero-order valence-electron chi connectivity index (χ0n) is 21.5. The Hall–Kier alpha value is -3.34. The van der Waals surface area contributed by atoms with Gasteiger partial charge in [0.2, 0.25) is 0 Å². The van der Waals surface area contributed by atoms with Gasteiger partial charge in [0.1, 0.15) is 17.5 Å². The van der Waals surface area contributed by atoms with Crippen molar-refractivity contribution in [1.82, 2.24) is 25.1 Å². The molecule has 200 valence electrons. The molecule has 0 radical (unpaired) electrons. The number of aliphatic hydroxyl groups is 1. The maximum absolute atomic E-state index is 14.6. The predicted octanol–water partition coefficient (Wildman–Crippen LogP) is 5.20. The van der Waals surface area contributed by atoms with E-state index in [1.165, 1.54) is 18.2 Å².